The number of hydrogen-bond donors (Lipinski definition) is 0. The van der Waals surface area contributed by atoms with Crippen LogP contribution in [0.4, 0.5) is 0 Å². The number of halogens is 1. The molecule has 0 radical (unpaired) electrons. The predicted molar refractivity (Wildman–Crippen MR) is 133 cm³/mol. The van der Waals surface area contributed by atoms with Crippen LogP contribution in [0.25, 0.3) is 11.3 Å². The van der Waals surface area contributed by atoms with E-state index < -0.39 is 20.8 Å². The van der Waals surface area contributed by atoms with E-state index in [1.807, 2.05) is 48.4 Å². The Morgan fingerprint density at radius 1 is 1.18 bits per heavy atom. The quantitative estimate of drug-likeness (QED) is 0.556. The first kappa shape index (κ1) is 24.5. The van der Waals surface area contributed by atoms with Crippen LogP contribution in [-0.2, 0) is 20.8 Å². The van der Waals surface area contributed by atoms with E-state index in [2.05, 4.69) is 0 Å². The number of rotatable bonds is 6. The number of benzene rings is 1. The van der Waals surface area contributed by atoms with Gasteiger partial charge in [-0.3, -0.25) is 4.21 Å². The van der Waals surface area contributed by atoms with Crippen LogP contribution in [0.1, 0.15) is 24.7 Å². The maximum atomic E-state index is 11.9. The zero-order valence-electron chi connectivity index (χ0n) is 18.7. The summed E-state index contributed by atoms with van der Waals surface area (Å²) in [5.74, 6) is 0.669. The minimum atomic E-state index is -3.19. The van der Waals surface area contributed by atoms with Gasteiger partial charge in [0.15, 0.2) is 11.0 Å². The highest BCUT2D eigenvalue weighted by Gasteiger charge is 2.30. The fourth-order valence-electron chi connectivity index (χ4n) is 3.84. The number of allylic oxidation sites excluding steroid dienone is 2. The molecule has 1 saturated heterocycles. The van der Waals surface area contributed by atoms with Crippen molar-refractivity contribution in [2.24, 2.45) is 0 Å². The van der Waals surface area contributed by atoms with E-state index in [1.54, 1.807) is 6.26 Å². The molecule has 1 aromatic carbocycles. The first-order chi connectivity index (χ1) is 15.6. The number of sulfonamides is 1. The van der Waals surface area contributed by atoms with E-state index in [1.165, 1.54) is 22.3 Å². The minimum Gasteiger partial charge on any atom is -0.433 e. The van der Waals surface area contributed by atoms with E-state index in [-0.39, 0.29) is 5.92 Å². The molecule has 2 aliphatic heterocycles. The average molecular weight is 528 g/mol. The van der Waals surface area contributed by atoms with Crippen LogP contribution in [0.5, 0.6) is 0 Å². The molecule has 1 aromatic heterocycles. The molecular weight excluding hydrogens is 502 g/mol. The summed E-state index contributed by atoms with van der Waals surface area (Å²) >= 11 is 7.64. The number of hydrogen-bond acceptors (Lipinski definition) is 7. The Morgan fingerprint density at radius 3 is 2.42 bits per heavy atom. The van der Waals surface area contributed by atoms with Gasteiger partial charge in [0.05, 0.1) is 17.8 Å². The molecule has 3 heterocycles. The molecule has 0 saturated carbocycles. The summed E-state index contributed by atoms with van der Waals surface area (Å²) in [7, 11) is -2.28. The molecule has 0 aliphatic carbocycles. The summed E-state index contributed by atoms with van der Waals surface area (Å²) in [6.45, 7) is 1.54. The topological polar surface area (TPSA) is 83.7 Å². The molecule has 0 N–H and O–H groups in total. The summed E-state index contributed by atoms with van der Waals surface area (Å²) in [4.78, 5) is 7.65. The molecule has 4 rings (SSSR count). The number of nitrogens with zero attached hydrogens (tertiary/aromatic N) is 3. The molecule has 0 spiro atoms. The van der Waals surface area contributed by atoms with Crippen molar-refractivity contribution in [3.8, 4) is 11.3 Å². The Kier molecular flexibility index (Phi) is 7.40. The van der Waals surface area contributed by atoms with Crippen molar-refractivity contribution >= 4 is 44.2 Å². The van der Waals surface area contributed by atoms with Gasteiger partial charge in [-0.2, -0.15) is 0 Å². The van der Waals surface area contributed by atoms with Gasteiger partial charge in [0.1, 0.15) is 5.69 Å². The first-order valence-electron chi connectivity index (χ1n) is 10.5. The van der Waals surface area contributed by atoms with Gasteiger partial charge < -0.3 is 9.32 Å². The van der Waals surface area contributed by atoms with Crippen LogP contribution in [0.3, 0.4) is 0 Å². The maximum absolute atomic E-state index is 11.9. The Balaban J connectivity index is 1.65. The van der Waals surface area contributed by atoms with Gasteiger partial charge in [0, 0.05) is 58.6 Å². The fraction of sp³-hybridized carbons (Fsp3) is 0.409. The van der Waals surface area contributed by atoms with Crippen molar-refractivity contribution < 1.29 is 17.0 Å². The van der Waals surface area contributed by atoms with E-state index in [9.17, 15) is 12.6 Å². The summed E-state index contributed by atoms with van der Waals surface area (Å²) in [5.41, 5.74) is 1.60. The van der Waals surface area contributed by atoms with Crippen LogP contribution in [-0.4, -0.2) is 66.0 Å². The van der Waals surface area contributed by atoms with E-state index in [4.69, 9.17) is 21.0 Å². The van der Waals surface area contributed by atoms with Crippen molar-refractivity contribution in [1.29, 1.82) is 0 Å². The number of thioether (sulfide) groups is 1. The Labute approximate surface area is 206 Å². The lowest BCUT2D eigenvalue weighted by molar-refractivity contribution is 0.281. The van der Waals surface area contributed by atoms with Crippen LogP contribution in [0, 0.1) is 0 Å². The fourth-order valence-corrected chi connectivity index (χ4v) is 6.41. The lowest BCUT2D eigenvalue weighted by Crippen LogP contribution is -2.37. The van der Waals surface area contributed by atoms with Crippen molar-refractivity contribution in [1.82, 2.24) is 14.2 Å². The largest absolute Gasteiger partial charge is 0.433 e. The van der Waals surface area contributed by atoms with Gasteiger partial charge in [-0.1, -0.05) is 23.7 Å². The number of piperidine rings is 1. The van der Waals surface area contributed by atoms with E-state index in [0.29, 0.717) is 43.5 Å². The number of aromatic nitrogens is 1. The van der Waals surface area contributed by atoms with Gasteiger partial charge in [-0.05, 0) is 48.9 Å². The Bertz CT molecular complexity index is 1210. The molecule has 11 heteroatoms. The second kappa shape index (κ2) is 9.95. The smallest absolute Gasteiger partial charge is 0.211 e. The summed E-state index contributed by atoms with van der Waals surface area (Å²) in [6, 6.07) is 7.50. The molecule has 2 aromatic rings. The zero-order valence-corrected chi connectivity index (χ0v) is 21.9. The molecule has 178 valence electrons. The second-order valence-electron chi connectivity index (χ2n) is 8.18. The van der Waals surface area contributed by atoms with Gasteiger partial charge >= 0.3 is 0 Å². The lowest BCUT2D eigenvalue weighted by Gasteiger charge is -2.28. The minimum absolute atomic E-state index is 0.0472. The highest BCUT2D eigenvalue weighted by Crippen LogP contribution is 2.41. The third kappa shape index (κ3) is 5.74. The third-order valence-electron chi connectivity index (χ3n) is 5.71. The van der Waals surface area contributed by atoms with Crippen molar-refractivity contribution in [2.75, 3.05) is 39.2 Å². The molecule has 33 heavy (non-hydrogen) atoms. The van der Waals surface area contributed by atoms with Gasteiger partial charge in [-0.25, -0.2) is 17.7 Å². The predicted octanol–water partition coefficient (Wildman–Crippen LogP) is 4.22. The summed E-state index contributed by atoms with van der Waals surface area (Å²) < 4.78 is 43.3. The first-order valence-corrected chi connectivity index (χ1v) is 15.1. The normalized spacial score (nSPS) is 19.3. The second-order valence-corrected chi connectivity index (χ2v) is 13.0. The highest BCUT2D eigenvalue weighted by molar-refractivity contribution is 8.03. The maximum Gasteiger partial charge on any atom is 0.211 e. The summed E-state index contributed by atoms with van der Waals surface area (Å²) in [6.07, 6.45) is 8.05. The SMILES string of the molecule is CN1CC(Cl)=CC=C1Sc1oc(C2CCN(S(C)(=O)=O)CC2)nc1-c1ccc(S(C)=O)cc1. The van der Waals surface area contributed by atoms with Crippen LogP contribution in [0.15, 0.2) is 60.9 Å². The monoisotopic (exact) mass is 527 g/mol. The molecule has 1 unspecified atom stereocenters. The van der Waals surface area contributed by atoms with Crippen LogP contribution in [0.2, 0.25) is 0 Å². The Morgan fingerprint density at radius 2 is 1.85 bits per heavy atom. The van der Waals surface area contributed by atoms with Gasteiger partial charge in [0.25, 0.3) is 0 Å². The molecule has 0 amide bonds. The molecule has 1 atom stereocenters. The molecule has 7 nitrogen and oxygen atoms in total. The average Bonchev–Trinajstić information content (AvgIpc) is 3.19. The van der Waals surface area contributed by atoms with E-state index >= 15 is 0 Å². The standard InChI is InChI=1S/C22H26ClN3O4S3/c1-25-14-17(23)6-9-19(25)31-22-20(15-4-7-18(8-5-15)32(2)27)24-21(30-22)16-10-12-26(13-11-16)33(3,28)29/h4-9,16H,10-14H2,1-3H3. The third-order valence-corrected chi connectivity index (χ3v) is 9.32. The van der Waals surface area contributed by atoms with Crippen LogP contribution < -0.4 is 0 Å². The highest BCUT2D eigenvalue weighted by atomic mass is 35.5. The van der Waals surface area contributed by atoms with Crippen LogP contribution >= 0.6 is 23.4 Å². The van der Waals surface area contributed by atoms with Crippen molar-refractivity contribution in [3.05, 3.63) is 52.4 Å². The molecular formula is C22H26ClN3O4S3. The summed E-state index contributed by atoms with van der Waals surface area (Å²) in [5, 5.41) is 2.42. The van der Waals surface area contributed by atoms with Crippen molar-refractivity contribution in [2.45, 2.75) is 28.7 Å². The van der Waals surface area contributed by atoms with E-state index in [0.717, 1.165) is 26.2 Å². The lowest BCUT2D eigenvalue weighted by atomic mass is 9.98. The van der Waals surface area contributed by atoms with Gasteiger partial charge in [0.2, 0.25) is 10.0 Å². The molecule has 1 fully saturated rings. The number of likely N-dealkylation sites (N-methyl/N-ethyl adjacent to an activating group) is 1. The number of oxazole rings is 1. The van der Waals surface area contributed by atoms with Crippen molar-refractivity contribution in [3.63, 3.8) is 0 Å². The zero-order chi connectivity index (χ0) is 23.8. The van der Waals surface area contributed by atoms with Gasteiger partial charge in [-0.15, -0.1) is 0 Å². The molecule has 2 aliphatic rings. The Hall–Kier alpha value is -1.59. The molecule has 0 bridgehead atoms.